The minimum absolute atomic E-state index is 0.552. The van der Waals surface area contributed by atoms with Crippen molar-refractivity contribution in [1.82, 2.24) is 0 Å². The van der Waals surface area contributed by atoms with Crippen LogP contribution in [0.25, 0.3) is 0 Å². The second kappa shape index (κ2) is 4.99. The van der Waals surface area contributed by atoms with Crippen molar-refractivity contribution >= 4 is 11.9 Å². The third-order valence-electron chi connectivity index (χ3n) is 1.64. The van der Waals surface area contributed by atoms with Gasteiger partial charge in [-0.1, -0.05) is 6.92 Å². The highest BCUT2D eigenvalue weighted by molar-refractivity contribution is 5.78. The maximum Gasteiger partial charge on any atom is 0.425 e. The van der Waals surface area contributed by atoms with Gasteiger partial charge in [0.2, 0.25) is 0 Å². The van der Waals surface area contributed by atoms with Crippen LogP contribution in [0.3, 0.4) is 0 Å². The normalized spacial score (nSPS) is 15.5. The van der Waals surface area contributed by atoms with E-state index in [0.29, 0.717) is 6.92 Å². The van der Waals surface area contributed by atoms with Gasteiger partial charge in [-0.05, 0) is 6.92 Å². The predicted octanol–water partition coefficient (Wildman–Crippen LogP) is 1.59. The topological polar surface area (TPSA) is 63.6 Å². The molecular weight excluding hydrogens is 217 g/mol. The van der Waals surface area contributed by atoms with Crippen LogP contribution in [0.4, 0.5) is 13.2 Å². The van der Waals surface area contributed by atoms with E-state index in [1.807, 2.05) is 0 Å². The van der Waals surface area contributed by atoms with Crippen molar-refractivity contribution in [2.24, 2.45) is 5.92 Å². The van der Waals surface area contributed by atoms with Crippen molar-refractivity contribution in [2.75, 3.05) is 0 Å². The number of esters is 1. The molecule has 4 nitrogen and oxygen atoms in total. The highest BCUT2D eigenvalue weighted by atomic mass is 19.4. The lowest BCUT2D eigenvalue weighted by atomic mass is 10.1. The number of aliphatic carboxylic acids is 1. The van der Waals surface area contributed by atoms with E-state index in [2.05, 4.69) is 4.74 Å². The number of alkyl halides is 3. The summed E-state index contributed by atoms with van der Waals surface area (Å²) in [7, 11) is 0. The Hall–Kier alpha value is -1.27. The number of carbonyl (C=O) groups is 2. The van der Waals surface area contributed by atoms with Crippen LogP contribution in [-0.2, 0) is 14.3 Å². The van der Waals surface area contributed by atoms with Gasteiger partial charge >= 0.3 is 18.1 Å². The lowest BCUT2D eigenvalue weighted by Crippen LogP contribution is -2.33. The number of hydrogen-bond acceptors (Lipinski definition) is 3. The molecule has 0 bridgehead atoms. The molecule has 0 saturated carbocycles. The fourth-order valence-corrected chi connectivity index (χ4v) is 0.702. The molecule has 2 atom stereocenters. The van der Waals surface area contributed by atoms with Crippen LogP contribution in [0.2, 0.25) is 0 Å². The smallest absolute Gasteiger partial charge is 0.425 e. The van der Waals surface area contributed by atoms with Gasteiger partial charge < -0.3 is 9.84 Å². The Kier molecular flexibility index (Phi) is 4.57. The number of ether oxygens (including phenoxy) is 1. The Morgan fingerprint density at radius 1 is 1.33 bits per heavy atom. The SMILES string of the molecule is CC(CC(=O)O)C(=O)OC(C)C(F)(F)F. The highest BCUT2D eigenvalue weighted by Gasteiger charge is 2.39. The van der Waals surface area contributed by atoms with E-state index < -0.39 is 36.6 Å². The van der Waals surface area contributed by atoms with Crippen LogP contribution in [0.1, 0.15) is 20.3 Å². The average Bonchev–Trinajstić information content (AvgIpc) is 2.00. The summed E-state index contributed by atoms with van der Waals surface area (Å²) >= 11 is 0. The fraction of sp³-hybridized carbons (Fsp3) is 0.750. The fourth-order valence-electron chi connectivity index (χ4n) is 0.702. The molecule has 0 aromatic heterocycles. The Balaban J connectivity index is 4.19. The average molecular weight is 228 g/mol. The van der Waals surface area contributed by atoms with E-state index in [0.717, 1.165) is 0 Å². The summed E-state index contributed by atoms with van der Waals surface area (Å²) in [5.41, 5.74) is 0. The van der Waals surface area contributed by atoms with Gasteiger partial charge in [0, 0.05) is 0 Å². The first-order valence-corrected chi connectivity index (χ1v) is 4.13. The van der Waals surface area contributed by atoms with E-state index in [9.17, 15) is 22.8 Å². The molecule has 0 radical (unpaired) electrons. The third-order valence-corrected chi connectivity index (χ3v) is 1.64. The van der Waals surface area contributed by atoms with E-state index in [1.165, 1.54) is 6.92 Å². The summed E-state index contributed by atoms with van der Waals surface area (Å²) in [5, 5.41) is 8.30. The molecule has 88 valence electrons. The Morgan fingerprint density at radius 2 is 1.80 bits per heavy atom. The monoisotopic (exact) mass is 228 g/mol. The summed E-state index contributed by atoms with van der Waals surface area (Å²) < 4.78 is 39.9. The Labute approximate surface area is 84.0 Å². The molecule has 0 aliphatic heterocycles. The van der Waals surface area contributed by atoms with Gasteiger partial charge in [0.15, 0.2) is 6.10 Å². The van der Waals surface area contributed by atoms with Crippen LogP contribution in [0.5, 0.6) is 0 Å². The van der Waals surface area contributed by atoms with Crippen molar-refractivity contribution in [3.8, 4) is 0 Å². The third kappa shape index (κ3) is 5.24. The quantitative estimate of drug-likeness (QED) is 0.742. The molecule has 0 saturated heterocycles. The Morgan fingerprint density at radius 3 is 2.13 bits per heavy atom. The maximum atomic E-state index is 11.9. The number of hydrogen-bond donors (Lipinski definition) is 1. The zero-order chi connectivity index (χ0) is 12.2. The standard InChI is InChI=1S/C8H11F3O4/c1-4(3-6(12)13)7(14)15-5(2)8(9,10)11/h4-5H,3H2,1-2H3,(H,12,13). The molecular formula is C8H11F3O4. The highest BCUT2D eigenvalue weighted by Crippen LogP contribution is 2.23. The second-order valence-electron chi connectivity index (χ2n) is 3.12. The molecule has 0 heterocycles. The van der Waals surface area contributed by atoms with Gasteiger partial charge in [0.25, 0.3) is 0 Å². The van der Waals surface area contributed by atoms with Crippen LogP contribution < -0.4 is 0 Å². The first-order valence-electron chi connectivity index (χ1n) is 4.13. The largest absolute Gasteiger partial charge is 0.481 e. The van der Waals surface area contributed by atoms with Crippen molar-refractivity contribution in [3.63, 3.8) is 0 Å². The van der Waals surface area contributed by atoms with E-state index in [-0.39, 0.29) is 0 Å². The minimum Gasteiger partial charge on any atom is -0.481 e. The zero-order valence-corrected chi connectivity index (χ0v) is 8.17. The lowest BCUT2D eigenvalue weighted by molar-refractivity contribution is -0.218. The van der Waals surface area contributed by atoms with Gasteiger partial charge in [-0.3, -0.25) is 9.59 Å². The first-order chi connectivity index (χ1) is 6.64. The molecule has 7 heteroatoms. The van der Waals surface area contributed by atoms with Gasteiger partial charge in [0.05, 0.1) is 12.3 Å². The molecule has 0 aromatic carbocycles. The van der Waals surface area contributed by atoms with Gasteiger partial charge in [0.1, 0.15) is 0 Å². The number of carboxylic acids is 1. The van der Waals surface area contributed by atoms with Gasteiger partial charge in [-0.2, -0.15) is 13.2 Å². The van der Waals surface area contributed by atoms with E-state index >= 15 is 0 Å². The van der Waals surface area contributed by atoms with E-state index in [1.54, 1.807) is 0 Å². The molecule has 0 rings (SSSR count). The molecule has 0 aliphatic carbocycles. The molecule has 0 amide bonds. The molecule has 0 spiro atoms. The zero-order valence-electron chi connectivity index (χ0n) is 8.17. The maximum absolute atomic E-state index is 11.9. The van der Waals surface area contributed by atoms with Crippen molar-refractivity contribution in [3.05, 3.63) is 0 Å². The van der Waals surface area contributed by atoms with Crippen molar-refractivity contribution in [1.29, 1.82) is 0 Å². The molecule has 0 aliphatic rings. The molecule has 15 heavy (non-hydrogen) atoms. The van der Waals surface area contributed by atoms with Crippen LogP contribution in [-0.4, -0.2) is 29.3 Å². The Bertz CT molecular complexity index is 249. The summed E-state index contributed by atoms with van der Waals surface area (Å²) in [6, 6.07) is 0. The lowest BCUT2D eigenvalue weighted by Gasteiger charge is -2.18. The molecule has 1 N–H and O–H groups in total. The van der Waals surface area contributed by atoms with Crippen molar-refractivity contribution < 1.29 is 32.6 Å². The number of rotatable bonds is 4. The minimum atomic E-state index is -4.63. The second-order valence-corrected chi connectivity index (χ2v) is 3.12. The predicted molar refractivity (Wildman–Crippen MR) is 43.0 cm³/mol. The molecule has 0 fully saturated rings. The van der Waals surface area contributed by atoms with Gasteiger partial charge in [-0.25, -0.2) is 0 Å². The van der Waals surface area contributed by atoms with Gasteiger partial charge in [-0.15, -0.1) is 0 Å². The summed E-state index contributed by atoms with van der Waals surface area (Å²) in [6.07, 6.45) is -7.40. The van der Waals surface area contributed by atoms with E-state index in [4.69, 9.17) is 5.11 Å². The van der Waals surface area contributed by atoms with Crippen LogP contribution >= 0.6 is 0 Å². The first kappa shape index (κ1) is 13.7. The summed E-state index contributed by atoms with van der Waals surface area (Å²) in [6.45, 7) is 1.88. The van der Waals surface area contributed by atoms with Crippen LogP contribution in [0, 0.1) is 5.92 Å². The number of carboxylic acid groups (broad SMARTS) is 1. The number of carbonyl (C=O) groups excluding carboxylic acids is 1. The summed E-state index contributed by atoms with van der Waals surface area (Å²) in [5.74, 6) is -3.52. The number of halogens is 3. The molecule has 2 unspecified atom stereocenters. The molecule has 0 aromatic rings. The van der Waals surface area contributed by atoms with Crippen molar-refractivity contribution in [2.45, 2.75) is 32.5 Å². The summed E-state index contributed by atoms with van der Waals surface area (Å²) in [4.78, 5) is 21.1. The van der Waals surface area contributed by atoms with Crippen LogP contribution in [0.15, 0.2) is 0 Å².